The number of hydrogen-bond acceptors (Lipinski definition) is 11. The molecule has 4 heterocycles. The van der Waals surface area contributed by atoms with Gasteiger partial charge in [-0.05, 0) is 75.5 Å². The summed E-state index contributed by atoms with van der Waals surface area (Å²) < 4.78 is 45.3. The second kappa shape index (κ2) is 16.0. The van der Waals surface area contributed by atoms with E-state index < -0.39 is 68.2 Å². The van der Waals surface area contributed by atoms with Crippen molar-refractivity contribution in [2.45, 2.75) is 101 Å². The zero-order chi connectivity index (χ0) is 40.7. The maximum Gasteiger partial charge on any atom is 0.405 e. The zero-order valence-electron chi connectivity index (χ0n) is 33.0. The Balaban J connectivity index is 1.23. The highest BCUT2D eigenvalue weighted by molar-refractivity contribution is 7.91. The SMILES string of the molecule is CC[C@@H]1C[C@H](C)CC/C=C\[C@@H]2C[C@@]2(C(=O)NS(=O)(=O)C2(C)CC2)NC(=O)[C@@H]2C[C@@H](Oc3ncc(N4CCOCC4)c4cc(OC)ccc34)CN2C(=O)[C@H]1NC(=O)O. The van der Waals surface area contributed by atoms with Gasteiger partial charge in [0.15, 0.2) is 0 Å². The van der Waals surface area contributed by atoms with Gasteiger partial charge in [0.2, 0.25) is 27.7 Å². The lowest BCUT2D eigenvalue weighted by atomic mass is 9.85. The molecule has 7 rings (SSSR count). The second-order valence-electron chi connectivity index (χ2n) is 16.5. The van der Waals surface area contributed by atoms with Crippen LogP contribution in [0.2, 0.25) is 0 Å². The Bertz CT molecular complexity index is 2040. The number of carbonyl (C=O) groups is 4. The molecular weight excluding hydrogens is 757 g/mol. The highest BCUT2D eigenvalue weighted by atomic mass is 32.2. The number of pyridine rings is 1. The van der Waals surface area contributed by atoms with Gasteiger partial charge < -0.3 is 39.8 Å². The lowest BCUT2D eigenvalue weighted by Crippen LogP contribution is -2.59. The fraction of sp³-hybridized carbons (Fsp3) is 0.625. The second-order valence-corrected chi connectivity index (χ2v) is 18.7. The summed E-state index contributed by atoms with van der Waals surface area (Å²) in [7, 11) is -2.43. The predicted molar refractivity (Wildman–Crippen MR) is 210 cm³/mol. The van der Waals surface area contributed by atoms with Gasteiger partial charge in [-0.25, -0.2) is 18.2 Å². The van der Waals surface area contributed by atoms with Gasteiger partial charge in [0.1, 0.15) is 29.5 Å². The molecule has 2 aromatic rings. The van der Waals surface area contributed by atoms with E-state index in [1.807, 2.05) is 31.2 Å². The van der Waals surface area contributed by atoms with E-state index in [1.165, 1.54) is 4.90 Å². The van der Waals surface area contributed by atoms with Gasteiger partial charge in [0, 0.05) is 36.2 Å². The Labute approximate surface area is 333 Å². The van der Waals surface area contributed by atoms with Gasteiger partial charge in [0.05, 0.1) is 43.5 Å². The predicted octanol–water partition coefficient (Wildman–Crippen LogP) is 3.34. The fourth-order valence-corrected chi connectivity index (χ4v) is 9.88. The van der Waals surface area contributed by atoms with Crippen LogP contribution >= 0.6 is 0 Å². The first-order valence-electron chi connectivity index (χ1n) is 20.0. The summed E-state index contributed by atoms with van der Waals surface area (Å²) in [5.74, 6) is -1.84. The summed E-state index contributed by atoms with van der Waals surface area (Å²) in [6.07, 6.45) is 6.92. The summed E-state index contributed by atoms with van der Waals surface area (Å²) >= 11 is 0. The molecule has 0 spiro atoms. The maximum atomic E-state index is 14.7. The van der Waals surface area contributed by atoms with Gasteiger partial charge in [-0.15, -0.1) is 0 Å². The average Bonchev–Trinajstić information content (AvgIpc) is 4.07. The number of rotatable bonds is 9. The number of morpholine rings is 1. The summed E-state index contributed by atoms with van der Waals surface area (Å²) in [6.45, 7) is 7.98. The summed E-state index contributed by atoms with van der Waals surface area (Å²) in [5, 5.41) is 16.8. The number of allylic oxidation sites excluding steroid dienone is 1. The van der Waals surface area contributed by atoms with Crippen LogP contribution in [-0.2, 0) is 29.1 Å². The number of anilines is 1. The first-order valence-corrected chi connectivity index (χ1v) is 21.5. The van der Waals surface area contributed by atoms with Gasteiger partial charge in [-0.3, -0.25) is 19.1 Å². The summed E-state index contributed by atoms with van der Waals surface area (Å²) in [6, 6.07) is 3.24. The minimum atomic E-state index is -4.02. The van der Waals surface area contributed by atoms with E-state index in [1.54, 1.807) is 26.3 Å². The third-order valence-electron chi connectivity index (χ3n) is 12.6. The molecule has 57 heavy (non-hydrogen) atoms. The number of sulfonamides is 1. The van der Waals surface area contributed by atoms with Crippen molar-refractivity contribution in [2.75, 3.05) is 44.9 Å². The quantitative estimate of drug-likeness (QED) is 0.269. The van der Waals surface area contributed by atoms with Gasteiger partial charge in [-0.2, -0.15) is 0 Å². The minimum Gasteiger partial charge on any atom is -0.497 e. The van der Waals surface area contributed by atoms with E-state index in [-0.39, 0.29) is 37.1 Å². The van der Waals surface area contributed by atoms with Crippen molar-refractivity contribution >= 4 is 50.3 Å². The van der Waals surface area contributed by atoms with Gasteiger partial charge in [-0.1, -0.05) is 32.4 Å². The van der Waals surface area contributed by atoms with Crippen molar-refractivity contribution in [1.29, 1.82) is 0 Å². The number of fused-ring (bicyclic) bond motifs is 3. The highest BCUT2D eigenvalue weighted by Crippen LogP contribution is 2.48. The van der Waals surface area contributed by atoms with Crippen LogP contribution in [0.25, 0.3) is 10.8 Å². The molecule has 17 heteroatoms. The molecule has 16 nitrogen and oxygen atoms in total. The number of nitrogens with zero attached hydrogens (tertiary/aromatic N) is 3. The van der Waals surface area contributed by atoms with E-state index in [0.29, 0.717) is 69.5 Å². The Kier molecular flexibility index (Phi) is 11.3. The number of carbonyl (C=O) groups excluding carboxylic acids is 3. The Morgan fingerprint density at radius 3 is 2.58 bits per heavy atom. The van der Waals surface area contributed by atoms with Crippen LogP contribution < -0.4 is 29.7 Å². The topological polar surface area (TPSA) is 206 Å². The van der Waals surface area contributed by atoms with Crippen molar-refractivity contribution < 1.29 is 46.9 Å². The highest BCUT2D eigenvalue weighted by Gasteiger charge is 2.63. The Morgan fingerprint density at radius 2 is 1.89 bits per heavy atom. The average molecular weight is 811 g/mol. The van der Waals surface area contributed by atoms with Crippen molar-refractivity contribution in [3.8, 4) is 11.6 Å². The number of nitrogens with one attached hydrogen (secondary N) is 3. The number of amides is 4. The molecule has 4 amide bonds. The van der Waals surface area contributed by atoms with Crippen LogP contribution in [0, 0.1) is 17.8 Å². The van der Waals surface area contributed by atoms with Crippen molar-refractivity contribution in [2.24, 2.45) is 17.8 Å². The zero-order valence-corrected chi connectivity index (χ0v) is 33.8. The monoisotopic (exact) mass is 810 g/mol. The third kappa shape index (κ3) is 8.22. The van der Waals surface area contributed by atoms with E-state index in [0.717, 1.165) is 17.5 Å². The molecule has 1 aromatic heterocycles. The molecular formula is C40H54N6O10S. The molecule has 7 atom stereocenters. The van der Waals surface area contributed by atoms with Crippen LogP contribution in [0.4, 0.5) is 10.5 Å². The number of benzene rings is 1. The molecule has 0 radical (unpaired) electrons. The van der Waals surface area contributed by atoms with Crippen molar-refractivity contribution in [1.82, 2.24) is 25.2 Å². The largest absolute Gasteiger partial charge is 0.497 e. The molecule has 0 bridgehead atoms. The number of ether oxygens (including phenoxy) is 3. The smallest absolute Gasteiger partial charge is 0.405 e. The molecule has 0 unspecified atom stereocenters. The first-order chi connectivity index (χ1) is 27.2. The van der Waals surface area contributed by atoms with Crippen molar-refractivity contribution in [3.63, 3.8) is 0 Å². The lowest BCUT2D eigenvalue weighted by Gasteiger charge is -2.33. The number of aromatic nitrogens is 1. The summed E-state index contributed by atoms with van der Waals surface area (Å²) in [5.41, 5.74) is -0.674. The van der Waals surface area contributed by atoms with Crippen LogP contribution in [0.15, 0.2) is 36.5 Å². The van der Waals surface area contributed by atoms with Crippen molar-refractivity contribution in [3.05, 3.63) is 36.5 Å². The number of hydrogen-bond donors (Lipinski definition) is 4. The number of carboxylic acid groups (broad SMARTS) is 1. The molecule has 3 aliphatic heterocycles. The van der Waals surface area contributed by atoms with E-state index in [4.69, 9.17) is 19.2 Å². The molecule has 2 saturated heterocycles. The van der Waals surface area contributed by atoms with E-state index in [2.05, 4.69) is 27.2 Å². The minimum absolute atomic E-state index is 0.00365. The van der Waals surface area contributed by atoms with Crippen LogP contribution in [0.3, 0.4) is 0 Å². The maximum absolute atomic E-state index is 14.7. The van der Waals surface area contributed by atoms with E-state index >= 15 is 0 Å². The molecule has 2 aliphatic carbocycles. The van der Waals surface area contributed by atoms with Gasteiger partial charge in [0.25, 0.3) is 5.91 Å². The van der Waals surface area contributed by atoms with Gasteiger partial charge >= 0.3 is 6.09 Å². The van der Waals surface area contributed by atoms with Crippen LogP contribution in [0.1, 0.15) is 72.1 Å². The molecule has 1 aromatic carbocycles. The summed E-state index contributed by atoms with van der Waals surface area (Å²) in [4.78, 5) is 63.6. The van der Waals surface area contributed by atoms with E-state index in [9.17, 15) is 32.7 Å². The Hall–Kier alpha value is -4.64. The number of methoxy groups -OCH3 is 1. The van der Waals surface area contributed by atoms with Crippen LogP contribution in [-0.4, -0.2) is 116 Å². The molecule has 5 aliphatic rings. The standard InChI is InChI=1S/C40H54N6O10S/c1-5-25-18-24(2)8-6-7-9-26-21-40(26,37(49)44-57(52,53)39(3)12-13-39)43-34(47)31-20-28(23-46(31)36(48)33(25)42-38(50)51)56-35-29-11-10-27(54-4)19-30(29)32(22-41-35)45-14-16-55-17-15-45/h7,9-11,19,22,24-26,28,31,33,42H,5-6,8,12-18,20-21,23H2,1-4H3,(H,43,47)(H,44,49)(H,50,51)/b9-7-/t24-,25-,26-,28-,31+,33+,40-/m1/s1. The molecule has 4 fully saturated rings. The first kappa shape index (κ1) is 40.6. The molecule has 310 valence electrons. The lowest BCUT2D eigenvalue weighted by molar-refractivity contribution is -0.142. The third-order valence-corrected chi connectivity index (χ3v) is 14.7. The molecule has 2 saturated carbocycles. The molecule has 4 N–H and O–H groups in total. The fourth-order valence-electron chi connectivity index (χ4n) is 8.56. The Morgan fingerprint density at radius 1 is 1.14 bits per heavy atom. The normalized spacial score (nSPS) is 30.8. The van der Waals surface area contributed by atoms with Crippen LogP contribution in [0.5, 0.6) is 11.6 Å².